The van der Waals surface area contributed by atoms with E-state index < -0.39 is 26.6 Å². The Bertz CT molecular complexity index is 912. The third-order valence-electron chi connectivity index (χ3n) is 3.16. The van der Waals surface area contributed by atoms with E-state index in [2.05, 4.69) is 0 Å². The molecule has 1 aliphatic rings. The predicted octanol–water partition coefficient (Wildman–Crippen LogP) is 1.19. The van der Waals surface area contributed by atoms with Crippen LogP contribution in [0.25, 0.3) is 15.7 Å². The van der Waals surface area contributed by atoms with Gasteiger partial charge in [-0.05, 0) is 22.9 Å². The summed E-state index contributed by atoms with van der Waals surface area (Å²) in [6.45, 7) is 0. The van der Waals surface area contributed by atoms with E-state index in [1.165, 1.54) is 12.1 Å². The van der Waals surface area contributed by atoms with Crippen molar-refractivity contribution in [3.05, 3.63) is 53.6 Å². The first-order valence-electron chi connectivity index (χ1n) is 5.69. The van der Waals surface area contributed by atoms with Crippen LogP contribution in [0.3, 0.4) is 0 Å². The second-order valence-corrected chi connectivity index (χ2v) is 5.81. The summed E-state index contributed by atoms with van der Waals surface area (Å²) in [7, 11) is -4.58. The van der Waals surface area contributed by atoms with Gasteiger partial charge in [0.2, 0.25) is 11.6 Å². The van der Waals surface area contributed by atoms with E-state index in [9.17, 15) is 22.6 Å². The van der Waals surface area contributed by atoms with Crippen LogP contribution in [0.1, 0.15) is 15.9 Å². The van der Waals surface area contributed by atoms with Crippen molar-refractivity contribution in [1.82, 2.24) is 0 Å². The molecule has 1 N–H and O–H groups in total. The SMILES string of the molecule is O=C1C=C(S(=O)(=O)O)c2cc3ccccc3cc2C1=O.[NaH]. The molecule has 0 amide bonds. The number of allylic oxidation sites excluding steroid dienone is 1. The number of hydrogen-bond acceptors (Lipinski definition) is 4. The molecule has 0 saturated carbocycles. The Morgan fingerprint density at radius 1 is 0.905 bits per heavy atom. The van der Waals surface area contributed by atoms with Gasteiger partial charge in [-0.3, -0.25) is 14.1 Å². The van der Waals surface area contributed by atoms with Crippen LogP contribution in [0.4, 0.5) is 0 Å². The minimum atomic E-state index is -4.58. The standard InChI is InChI=1S/C14H8O5S.Na.H/c15-12-7-13(20(17,18)19)10-5-8-3-1-2-4-9(8)6-11(10)14(12)16;;/h1-7H,(H,17,18,19);;. The third-order valence-corrected chi connectivity index (χ3v) is 4.05. The average molecular weight is 312 g/mol. The van der Waals surface area contributed by atoms with Crippen molar-refractivity contribution < 1.29 is 22.6 Å². The van der Waals surface area contributed by atoms with Crippen LogP contribution in [0.5, 0.6) is 0 Å². The molecule has 2 aromatic rings. The molecular weight excluding hydrogens is 303 g/mol. The van der Waals surface area contributed by atoms with Crippen LogP contribution >= 0.6 is 0 Å². The van der Waals surface area contributed by atoms with Crippen molar-refractivity contribution in [2.75, 3.05) is 0 Å². The Balaban J connectivity index is 0.00000161. The van der Waals surface area contributed by atoms with Crippen molar-refractivity contribution in [2.24, 2.45) is 0 Å². The first kappa shape index (κ1) is 16.1. The second kappa shape index (κ2) is 5.47. The van der Waals surface area contributed by atoms with Crippen molar-refractivity contribution in [3.8, 4) is 0 Å². The van der Waals surface area contributed by atoms with Crippen molar-refractivity contribution in [1.29, 1.82) is 0 Å². The van der Waals surface area contributed by atoms with Gasteiger partial charge in [0, 0.05) is 17.2 Å². The number of carbonyl (C=O) groups excluding carboxylic acids is 2. The molecule has 0 heterocycles. The van der Waals surface area contributed by atoms with Gasteiger partial charge in [-0.1, -0.05) is 24.3 Å². The number of benzene rings is 2. The molecule has 0 saturated heterocycles. The zero-order chi connectivity index (χ0) is 14.5. The summed E-state index contributed by atoms with van der Waals surface area (Å²) in [5, 5.41) is 1.42. The zero-order valence-electron chi connectivity index (χ0n) is 10.0. The van der Waals surface area contributed by atoms with Gasteiger partial charge in [0.15, 0.2) is 0 Å². The van der Waals surface area contributed by atoms with Crippen LogP contribution in [0.15, 0.2) is 42.5 Å². The third kappa shape index (κ3) is 2.73. The average Bonchev–Trinajstić information content (AvgIpc) is 2.40. The van der Waals surface area contributed by atoms with Crippen LogP contribution < -0.4 is 0 Å². The van der Waals surface area contributed by atoms with Gasteiger partial charge in [-0.2, -0.15) is 8.42 Å². The molecule has 0 aromatic heterocycles. The van der Waals surface area contributed by atoms with Crippen LogP contribution in [-0.2, 0) is 14.9 Å². The zero-order valence-corrected chi connectivity index (χ0v) is 10.8. The monoisotopic (exact) mass is 312 g/mol. The van der Waals surface area contributed by atoms with Gasteiger partial charge >= 0.3 is 29.6 Å². The number of hydrogen-bond donors (Lipinski definition) is 1. The molecule has 0 bridgehead atoms. The summed E-state index contributed by atoms with van der Waals surface area (Å²) in [6.07, 6.45) is 0.661. The second-order valence-electron chi connectivity index (χ2n) is 4.42. The molecule has 2 aromatic carbocycles. The van der Waals surface area contributed by atoms with E-state index >= 15 is 0 Å². The quantitative estimate of drug-likeness (QED) is 0.485. The fourth-order valence-corrected chi connectivity index (χ4v) is 2.94. The molecule has 5 nitrogen and oxygen atoms in total. The van der Waals surface area contributed by atoms with Crippen LogP contribution in [0.2, 0.25) is 0 Å². The molecule has 3 rings (SSSR count). The van der Waals surface area contributed by atoms with Gasteiger partial charge in [0.05, 0.1) is 0 Å². The molecular formula is C14H9NaO5S. The van der Waals surface area contributed by atoms with Gasteiger partial charge in [-0.25, -0.2) is 0 Å². The molecule has 0 spiro atoms. The number of Topliss-reactive ketones (excluding diaryl/α,β-unsaturated/α-hetero) is 1. The fourth-order valence-electron chi connectivity index (χ4n) is 2.24. The Morgan fingerprint density at radius 3 is 1.95 bits per heavy atom. The normalized spacial score (nSPS) is 14.4. The molecule has 1 aliphatic carbocycles. The summed E-state index contributed by atoms with van der Waals surface area (Å²) in [5.74, 6) is -1.74. The Labute approximate surface area is 142 Å². The van der Waals surface area contributed by atoms with E-state index in [0.29, 0.717) is 16.8 Å². The summed E-state index contributed by atoms with van der Waals surface area (Å²) in [6, 6.07) is 9.97. The van der Waals surface area contributed by atoms with E-state index in [1.54, 1.807) is 24.3 Å². The molecule has 0 atom stereocenters. The van der Waals surface area contributed by atoms with Gasteiger partial charge in [0.1, 0.15) is 4.91 Å². The number of fused-ring (bicyclic) bond motifs is 2. The molecule has 0 radical (unpaired) electrons. The number of carbonyl (C=O) groups is 2. The number of rotatable bonds is 1. The topological polar surface area (TPSA) is 88.5 Å². The summed E-state index contributed by atoms with van der Waals surface area (Å²) in [5.41, 5.74) is 0.0413. The summed E-state index contributed by atoms with van der Waals surface area (Å²) in [4.78, 5) is 22.9. The predicted molar refractivity (Wildman–Crippen MR) is 80.0 cm³/mol. The Hall–Kier alpha value is -1.31. The van der Waals surface area contributed by atoms with E-state index in [-0.39, 0.29) is 40.7 Å². The van der Waals surface area contributed by atoms with E-state index in [4.69, 9.17) is 0 Å². The maximum absolute atomic E-state index is 11.9. The van der Waals surface area contributed by atoms with Crippen molar-refractivity contribution in [2.45, 2.75) is 0 Å². The van der Waals surface area contributed by atoms with Crippen molar-refractivity contribution in [3.63, 3.8) is 0 Å². The van der Waals surface area contributed by atoms with Crippen molar-refractivity contribution >= 4 is 66.9 Å². The maximum atomic E-state index is 11.9. The molecule has 102 valence electrons. The first-order valence-corrected chi connectivity index (χ1v) is 7.13. The van der Waals surface area contributed by atoms with Gasteiger partial charge < -0.3 is 0 Å². The minimum absolute atomic E-state index is 0. The summed E-state index contributed by atoms with van der Waals surface area (Å²) < 4.78 is 31.9. The summed E-state index contributed by atoms with van der Waals surface area (Å²) >= 11 is 0. The molecule has 0 unspecified atom stereocenters. The fraction of sp³-hybridized carbons (Fsp3) is 0. The van der Waals surface area contributed by atoms with E-state index in [1.807, 2.05) is 0 Å². The first-order chi connectivity index (χ1) is 9.38. The molecule has 21 heavy (non-hydrogen) atoms. The molecule has 0 fully saturated rings. The van der Waals surface area contributed by atoms with Gasteiger partial charge in [0.25, 0.3) is 10.1 Å². The molecule has 0 aliphatic heterocycles. The van der Waals surface area contributed by atoms with Gasteiger partial charge in [-0.15, -0.1) is 0 Å². The Morgan fingerprint density at radius 2 is 1.43 bits per heavy atom. The van der Waals surface area contributed by atoms with Crippen LogP contribution in [-0.4, -0.2) is 54.1 Å². The molecule has 7 heteroatoms. The van der Waals surface area contributed by atoms with Crippen LogP contribution in [0, 0.1) is 0 Å². The Kier molecular flexibility index (Phi) is 4.19. The number of ketones is 2. The van der Waals surface area contributed by atoms with E-state index in [0.717, 1.165) is 0 Å².